The molecule has 1 atom stereocenters. The van der Waals surface area contributed by atoms with Crippen LogP contribution in [0, 0.1) is 5.92 Å². The summed E-state index contributed by atoms with van der Waals surface area (Å²) in [5, 5.41) is 6.39. The summed E-state index contributed by atoms with van der Waals surface area (Å²) in [5.74, 6) is 1.62. The van der Waals surface area contributed by atoms with E-state index in [0.717, 1.165) is 32.0 Å². The van der Waals surface area contributed by atoms with Gasteiger partial charge in [-0.3, -0.25) is 9.79 Å². The van der Waals surface area contributed by atoms with Crippen molar-refractivity contribution < 1.29 is 9.53 Å². The third kappa shape index (κ3) is 10.0. The molecule has 1 aliphatic rings. The van der Waals surface area contributed by atoms with Gasteiger partial charge in [0.15, 0.2) is 5.96 Å². The number of carbonyl (C=O) groups is 1. The van der Waals surface area contributed by atoms with Crippen LogP contribution in [0.4, 0.5) is 0 Å². The Morgan fingerprint density at radius 1 is 1.35 bits per heavy atom. The molecule has 1 fully saturated rings. The number of rotatable bonds is 8. The van der Waals surface area contributed by atoms with Crippen LogP contribution >= 0.6 is 24.0 Å². The Morgan fingerprint density at radius 3 is 2.78 bits per heavy atom. The van der Waals surface area contributed by atoms with Crippen molar-refractivity contribution in [1.29, 1.82) is 0 Å². The van der Waals surface area contributed by atoms with Crippen LogP contribution in [0.25, 0.3) is 0 Å². The van der Waals surface area contributed by atoms with Crippen LogP contribution in [0.15, 0.2) is 4.99 Å². The lowest BCUT2D eigenvalue weighted by Crippen LogP contribution is -2.42. The number of hydrogen-bond acceptors (Lipinski definition) is 3. The van der Waals surface area contributed by atoms with Crippen molar-refractivity contribution in [2.24, 2.45) is 10.9 Å². The van der Waals surface area contributed by atoms with Gasteiger partial charge in [0.05, 0.1) is 13.2 Å². The first kappa shape index (κ1) is 22.4. The Morgan fingerprint density at radius 2 is 2.13 bits per heavy atom. The molecule has 0 spiro atoms. The third-order valence-corrected chi connectivity index (χ3v) is 3.69. The molecule has 0 aliphatic carbocycles. The number of hydrogen-bond donors (Lipinski definition) is 2. The maximum atomic E-state index is 12.2. The van der Waals surface area contributed by atoms with Crippen molar-refractivity contribution in [2.75, 3.05) is 45.9 Å². The van der Waals surface area contributed by atoms with E-state index in [0.29, 0.717) is 38.6 Å². The summed E-state index contributed by atoms with van der Waals surface area (Å²) in [4.78, 5) is 18.6. The topological polar surface area (TPSA) is 66.0 Å². The van der Waals surface area contributed by atoms with Crippen molar-refractivity contribution in [3.8, 4) is 0 Å². The SMILES string of the molecule is CCNC(=NCCOCC)NCCC(=O)N1CCCC(C)C1.I. The van der Waals surface area contributed by atoms with E-state index >= 15 is 0 Å². The van der Waals surface area contributed by atoms with E-state index in [1.165, 1.54) is 6.42 Å². The van der Waals surface area contributed by atoms with Crippen molar-refractivity contribution in [3.63, 3.8) is 0 Å². The zero-order valence-electron chi connectivity index (χ0n) is 14.8. The lowest BCUT2D eigenvalue weighted by Gasteiger charge is -2.31. The molecule has 0 aromatic rings. The zero-order chi connectivity index (χ0) is 16.2. The first-order valence-corrected chi connectivity index (χ1v) is 8.55. The monoisotopic (exact) mass is 440 g/mol. The number of aliphatic imine (C=N–C) groups is 1. The van der Waals surface area contributed by atoms with Crippen molar-refractivity contribution in [1.82, 2.24) is 15.5 Å². The molecule has 2 N–H and O–H groups in total. The summed E-state index contributed by atoms with van der Waals surface area (Å²) >= 11 is 0. The summed E-state index contributed by atoms with van der Waals surface area (Å²) < 4.78 is 5.27. The molecule has 0 aromatic heterocycles. The number of carbonyl (C=O) groups excluding carboxylic acids is 1. The fourth-order valence-electron chi connectivity index (χ4n) is 2.57. The number of nitrogens with zero attached hydrogens (tertiary/aromatic N) is 2. The lowest BCUT2D eigenvalue weighted by molar-refractivity contribution is -0.132. The number of guanidine groups is 1. The van der Waals surface area contributed by atoms with Crippen LogP contribution in [-0.2, 0) is 9.53 Å². The highest BCUT2D eigenvalue weighted by molar-refractivity contribution is 14.0. The van der Waals surface area contributed by atoms with Crippen LogP contribution in [0.2, 0.25) is 0 Å². The van der Waals surface area contributed by atoms with Crippen LogP contribution < -0.4 is 10.6 Å². The molecule has 0 saturated carbocycles. The van der Waals surface area contributed by atoms with E-state index in [9.17, 15) is 4.79 Å². The third-order valence-electron chi connectivity index (χ3n) is 3.69. The fraction of sp³-hybridized carbons (Fsp3) is 0.875. The van der Waals surface area contributed by atoms with E-state index < -0.39 is 0 Å². The Bertz CT molecular complexity index is 353. The smallest absolute Gasteiger partial charge is 0.224 e. The van der Waals surface area contributed by atoms with Gasteiger partial charge in [0.1, 0.15) is 0 Å². The summed E-state index contributed by atoms with van der Waals surface area (Å²) in [6.45, 7) is 11.4. The van der Waals surface area contributed by atoms with Crippen molar-refractivity contribution >= 4 is 35.8 Å². The summed E-state index contributed by atoms with van der Waals surface area (Å²) in [6.07, 6.45) is 2.88. The van der Waals surface area contributed by atoms with Crippen LogP contribution in [0.1, 0.15) is 40.0 Å². The molecule has 23 heavy (non-hydrogen) atoms. The van der Waals surface area contributed by atoms with Gasteiger partial charge >= 0.3 is 0 Å². The fourth-order valence-corrected chi connectivity index (χ4v) is 2.57. The lowest BCUT2D eigenvalue weighted by atomic mass is 10.00. The molecule has 0 radical (unpaired) electrons. The molecule has 1 amide bonds. The number of likely N-dealkylation sites (tertiary alicyclic amines) is 1. The zero-order valence-corrected chi connectivity index (χ0v) is 17.1. The number of piperidine rings is 1. The number of ether oxygens (including phenoxy) is 1. The number of halogens is 1. The van der Waals surface area contributed by atoms with Crippen LogP contribution in [0.5, 0.6) is 0 Å². The van der Waals surface area contributed by atoms with Gasteiger partial charge < -0.3 is 20.3 Å². The second kappa shape index (κ2) is 13.8. The average molecular weight is 440 g/mol. The minimum atomic E-state index is 0. The summed E-state index contributed by atoms with van der Waals surface area (Å²) in [5.41, 5.74) is 0. The van der Waals surface area contributed by atoms with E-state index in [4.69, 9.17) is 4.74 Å². The molecule has 136 valence electrons. The highest BCUT2D eigenvalue weighted by Crippen LogP contribution is 2.15. The largest absolute Gasteiger partial charge is 0.380 e. The highest BCUT2D eigenvalue weighted by atomic mass is 127. The molecule has 1 unspecified atom stereocenters. The highest BCUT2D eigenvalue weighted by Gasteiger charge is 2.20. The van der Waals surface area contributed by atoms with Gasteiger partial charge in [-0.1, -0.05) is 6.92 Å². The Labute approximate surface area is 157 Å². The van der Waals surface area contributed by atoms with Gasteiger partial charge in [0, 0.05) is 39.2 Å². The second-order valence-corrected chi connectivity index (χ2v) is 5.72. The summed E-state index contributed by atoms with van der Waals surface area (Å²) in [6, 6.07) is 0. The minimum Gasteiger partial charge on any atom is -0.380 e. The predicted molar refractivity (Wildman–Crippen MR) is 105 cm³/mol. The van der Waals surface area contributed by atoms with Crippen molar-refractivity contribution in [2.45, 2.75) is 40.0 Å². The first-order chi connectivity index (χ1) is 10.7. The maximum Gasteiger partial charge on any atom is 0.224 e. The second-order valence-electron chi connectivity index (χ2n) is 5.72. The Hall–Kier alpha value is -0.570. The van der Waals surface area contributed by atoms with E-state index in [-0.39, 0.29) is 29.9 Å². The predicted octanol–water partition coefficient (Wildman–Crippen LogP) is 1.84. The standard InChI is InChI=1S/C16H32N4O2.HI/c1-4-17-16(19-10-12-22-5-2)18-9-8-15(21)20-11-6-7-14(3)13-20;/h14H,4-13H2,1-3H3,(H2,17,18,19);1H. The number of amides is 1. The van der Waals surface area contributed by atoms with Crippen LogP contribution in [0.3, 0.4) is 0 Å². The molecular weight excluding hydrogens is 407 g/mol. The molecule has 0 aromatic carbocycles. The van der Waals surface area contributed by atoms with Gasteiger partial charge in [-0.05, 0) is 32.6 Å². The molecule has 1 saturated heterocycles. The van der Waals surface area contributed by atoms with Gasteiger partial charge in [-0.15, -0.1) is 24.0 Å². The Balaban J connectivity index is 0.00000484. The molecule has 1 aliphatic heterocycles. The summed E-state index contributed by atoms with van der Waals surface area (Å²) in [7, 11) is 0. The first-order valence-electron chi connectivity index (χ1n) is 8.55. The molecule has 1 heterocycles. The van der Waals surface area contributed by atoms with E-state index in [2.05, 4.69) is 22.5 Å². The molecule has 0 bridgehead atoms. The minimum absolute atomic E-state index is 0. The van der Waals surface area contributed by atoms with E-state index in [1.807, 2.05) is 18.7 Å². The van der Waals surface area contributed by atoms with Crippen LogP contribution in [-0.4, -0.2) is 62.7 Å². The van der Waals surface area contributed by atoms with Gasteiger partial charge in [0.2, 0.25) is 5.91 Å². The van der Waals surface area contributed by atoms with Crippen molar-refractivity contribution in [3.05, 3.63) is 0 Å². The maximum absolute atomic E-state index is 12.2. The Kier molecular flexibility index (Phi) is 13.5. The van der Waals surface area contributed by atoms with Gasteiger partial charge in [0.25, 0.3) is 0 Å². The molecule has 7 heteroatoms. The molecule has 1 rings (SSSR count). The number of nitrogens with one attached hydrogen (secondary N) is 2. The van der Waals surface area contributed by atoms with Gasteiger partial charge in [-0.25, -0.2) is 0 Å². The van der Waals surface area contributed by atoms with E-state index in [1.54, 1.807) is 0 Å². The normalized spacial score (nSPS) is 18.3. The average Bonchev–Trinajstić information content (AvgIpc) is 2.51. The molecular formula is C16H33IN4O2. The molecule has 6 nitrogen and oxygen atoms in total. The quantitative estimate of drug-likeness (QED) is 0.262. The van der Waals surface area contributed by atoms with Gasteiger partial charge in [-0.2, -0.15) is 0 Å².